The summed E-state index contributed by atoms with van der Waals surface area (Å²) in [6.07, 6.45) is 1.53. The van der Waals surface area contributed by atoms with E-state index in [2.05, 4.69) is 4.98 Å². The van der Waals surface area contributed by atoms with Crippen LogP contribution in [0, 0.1) is 5.82 Å². The van der Waals surface area contributed by atoms with Crippen molar-refractivity contribution in [1.29, 1.82) is 0 Å². The number of ketones is 1. The largest absolute Gasteiger partial charge is 0.507 e. The first-order valence-corrected chi connectivity index (χ1v) is 10.1. The Hall–Kier alpha value is -4.20. The standard InChI is InChI=1S/C25H21FN2O5/c1-32-17-9-6-15(7-10-17)14-28-22(19-5-3-4-12-27-19)21(24(30)25(28)31)23(29)18-13-16(26)8-11-20(18)33-2/h3-13,22,29H,14H2,1-2H3/b23-21+. The van der Waals surface area contributed by atoms with Gasteiger partial charge in [0.15, 0.2) is 0 Å². The monoisotopic (exact) mass is 448 g/mol. The highest BCUT2D eigenvalue weighted by molar-refractivity contribution is 6.46. The third-order valence-electron chi connectivity index (χ3n) is 5.44. The second kappa shape index (κ2) is 9.12. The number of aliphatic hydroxyl groups excluding tert-OH is 1. The molecule has 0 aliphatic carbocycles. The normalized spacial score (nSPS) is 17.3. The molecule has 0 saturated carbocycles. The molecule has 0 radical (unpaired) electrons. The Balaban J connectivity index is 1.86. The van der Waals surface area contributed by atoms with E-state index < -0.39 is 29.3 Å². The second-order valence-corrected chi connectivity index (χ2v) is 7.37. The molecule has 0 bridgehead atoms. The Labute approximate surface area is 189 Å². The molecule has 0 spiro atoms. The molecule has 1 aliphatic rings. The Kier molecular flexibility index (Phi) is 6.08. The van der Waals surface area contributed by atoms with Crippen LogP contribution in [0.5, 0.6) is 11.5 Å². The molecule has 3 aromatic rings. The fraction of sp³-hybridized carbons (Fsp3) is 0.160. The predicted octanol–water partition coefficient (Wildman–Crippen LogP) is 3.86. The summed E-state index contributed by atoms with van der Waals surface area (Å²) >= 11 is 0. The summed E-state index contributed by atoms with van der Waals surface area (Å²) in [4.78, 5) is 31.8. The van der Waals surface area contributed by atoms with Gasteiger partial charge in [-0.2, -0.15) is 0 Å². The number of carbonyl (C=O) groups excluding carboxylic acids is 2. The van der Waals surface area contributed by atoms with Gasteiger partial charge < -0.3 is 19.5 Å². The summed E-state index contributed by atoms with van der Waals surface area (Å²) in [5, 5.41) is 11.1. The fourth-order valence-electron chi connectivity index (χ4n) is 3.83. The number of nitrogens with zero attached hydrogens (tertiary/aromatic N) is 2. The maximum atomic E-state index is 14.0. The molecule has 7 nitrogen and oxygen atoms in total. The van der Waals surface area contributed by atoms with Crippen LogP contribution in [-0.4, -0.2) is 40.9 Å². The van der Waals surface area contributed by atoms with Gasteiger partial charge in [0.25, 0.3) is 11.7 Å². The summed E-state index contributed by atoms with van der Waals surface area (Å²) in [6.45, 7) is 0.0902. The summed E-state index contributed by atoms with van der Waals surface area (Å²) in [7, 11) is 2.91. The van der Waals surface area contributed by atoms with Crippen LogP contribution >= 0.6 is 0 Å². The number of carbonyl (C=O) groups is 2. The van der Waals surface area contributed by atoms with E-state index in [1.807, 2.05) is 0 Å². The van der Waals surface area contributed by atoms with Gasteiger partial charge in [0.1, 0.15) is 29.1 Å². The third kappa shape index (κ3) is 4.15. The van der Waals surface area contributed by atoms with Crippen molar-refractivity contribution in [2.24, 2.45) is 0 Å². The van der Waals surface area contributed by atoms with Crippen LogP contribution in [0.25, 0.3) is 5.76 Å². The highest BCUT2D eigenvalue weighted by Gasteiger charge is 2.47. The molecular formula is C25H21FN2O5. The average molecular weight is 448 g/mol. The van der Waals surface area contributed by atoms with E-state index in [-0.39, 0.29) is 23.4 Å². The zero-order valence-electron chi connectivity index (χ0n) is 18.0. The van der Waals surface area contributed by atoms with Crippen molar-refractivity contribution in [3.63, 3.8) is 0 Å². The molecule has 2 aromatic carbocycles. The number of aliphatic hydroxyl groups is 1. The molecule has 2 heterocycles. The van der Waals surface area contributed by atoms with E-state index in [1.165, 1.54) is 30.3 Å². The van der Waals surface area contributed by atoms with Gasteiger partial charge >= 0.3 is 0 Å². The molecule has 1 aromatic heterocycles. The summed E-state index contributed by atoms with van der Waals surface area (Å²) in [5.74, 6) is -2.02. The fourth-order valence-corrected chi connectivity index (χ4v) is 3.83. The van der Waals surface area contributed by atoms with Gasteiger partial charge in [-0.3, -0.25) is 14.6 Å². The minimum atomic E-state index is -0.971. The number of halogens is 1. The maximum Gasteiger partial charge on any atom is 0.296 e. The zero-order chi connectivity index (χ0) is 23.5. The van der Waals surface area contributed by atoms with Crippen molar-refractivity contribution >= 4 is 17.4 Å². The smallest absolute Gasteiger partial charge is 0.296 e. The van der Waals surface area contributed by atoms with Gasteiger partial charge in [-0.15, -0.1) is 0 Å². The van der Waals surface area contributed by atoms with Gasteiger partial charge in [0, 0.05) is 12.7 Å². The second-order valence-electron chi connectivity index (χ2n) is 7.37. The molecule has 8 heteroatoms. The van der Waals surface area contributed by atoms with Crippen molar-refractivity contribution < 1.29 is 28.6 Å². The number of amides is 1. The van der Waals surface area contributed by atoms with Gasteiger partial charge in [-0.1, -0.05) is 18.2 Å². The van der Waals surface area contributed by atoms with Crippen LogP contribution < -0.4 is 9.47 Å². The van der Waals surface area contributed by atoms with Crippen LogP contribution in [0.2, 0.25) is 0 Å². The first-order chi connectivity index (χ1) is 15.9. The Morgan fingerprint density at radius 3 is 2.45 bits per heavy atom. The Morgan fingerprint density at radius 2 is 1.82 bits per heavy atom. The van der Waals surface area contributed by atoms with Gasteiger partial charge in [0.05, 0.1) is 31.1 Å². The molecule has 4 rings (SSSR count). The van der Waals surface area contributed by atoms with Crippen LogP contribution in [-0.2, 0) is 16.1 Å². The molecule has 1 amide bonds. The van der Waals surface area contributed by atoms with E-state index in [1.54, 1.807) is 49.6 Å². The lowest BCUT2D eigenvalue weighted by Gasteiger charge is -2.24. The van der Waals surface area contributed by atoms with E-state index in [0.29, 0.717) is 11.4 Å². The first kappa shape index (κ1) is 22.0. The van der Waals surface area contributed by atoms with Crippen molar-refractivity contribution in [1.82, 2.24) is 9.88 Å². The quantitative estimate of drug-likeness (QED) is 0.350. The van der Waals surface area contributed by atoms with Gasteiger partial charge in [-0.05, 0) is 48.0 Å². The lowest BCUT2D eigenvalue weighted by molar-refractivity contribution is -0.140. The minimum absolute atomic E-state index is 0.0270. The Morgan fingerprint density at radius 1 is 1.06 bits per heavy atom. The van der Waals surface area contributed by atoms with Crippen molar-refractivity contribution in [3.05, 3.63) is 95.1 Å². The number of benzene rings is 2. The predicted molar refractivity (Wildman–Crippen MR) is 118 cm³/mol. The minimum Gasteiger partial charge on any atom is -0.507 e. The number of ether oxygens (including phenoxy) is 2. The van der Waals surface area contributed by atoms with Crippen molar-refractivity contribution in [2.75, 3.05) is 14.2 Å². The lowest BCUT2D eigenvalue weighted by atomic mass is 9.97. The lowest BCUT2D eigenvalue weighted by Crippen LogP contribution is -2.29. The number of hydrogen-bond donors (Lipinski definition) is 1. The molecular weight excluding hydrogens is 427 g/mol. The number of hydrogen-bond acceptors (Lipinski definition) is 6. The molecule has 168 valence electrons. The zero-order valence-corrected chi connectivity index (χ0v) is 18.0. The van der Waals surface area contributed by atoms with E-state index in [9.17, 15) is 19.1 Å². The average Bonchev–Trinajstić information content (AvgIpc) is 3.09. The summed E-state index contributed by atoms with van der Waals surface area (Å²) in [6, 6.07) is 14.7. The molecule has 1 fully saturated rings. The van der Waals surface area contributed by atoms with E-state index in [0.717, 1.165) is 11.6 Å². The maximum absolute atomic E-state index is 14.0. The van der Waals surface area contributed by atoms with Crippen molar-refractivity contribution in [3.8, 4) is 11.5 Å². The van der Waals surface area contributed by atoms with Crippen LogP contribution in [0.15, 0.2) is 72.4 Å². The van der Waals surface area contributed by atoms with E-state index in [4.69, 9.17) is 9.47 Å². The topological polar surface area (TPSA) is 89.0 Å². The molecule has 1 unspecified atom stereocenters. The first-order valence-electron chi connectivity index (χ1n) is 10.1. The number of rotatable bonds is 6. The van der Waals surface area contributed by atoms with Crippen LogP contribution in [0.1, 0.15) is 22.9 Å². The van der Waals surface area contributed by atoms with Gasteiger partial charge in [0.2, 0.25) is 0 Å². The number of aromatic nitrogens is 1. The third-order valence-corrected chi connectivity index (χ3v) is 5.44. The molecule has 1 N–H and O–H groups in total. The molecule has 33 heavy (non-hydrogen) atoms. The highest BCUT2D eigenvalue weighted by Crippen LogP contribution is 2.41. The highest BCUT2D eigenvalue weighted by atomic mass is 19.1. The van der Waals surface area contributed by atoms with Crippen LogP contribution in [0.3, 0.4) is 0 Å². The van der Waals surface area contributed by atoms with Crippen LogP contribution in [0.4, 0.5) is 4.39 Å². The number of Topliss-reactive ketones (excluding diaryl/α,β-unsaturated/α-hetero) is 1. The van der Waals surface area contributed by atoms with E-state index >= 15 is 0 Å². The number of pyridine rings is 1. The summed E-state index contributed by atoms with van der Waals surface area (Å²) < 4.78 is 24.4. The van der Waals surface area contributed by atoms with Crippen molar-refractivity contribution in [2.45, 2.75) is 12.6 Å². The molecule has 1 saturated heterocycles. The summed E-state index contributed by atoms with van der Waals surface area (Å²) in [5.41, 5.74) is 0.932. The Bertz CT molecular complexity index is 1230. The van der Waals surface area contributed by atoms with Gasteiger partial charge in [-0.25, -0.2) is 4.39 Å². The molecule has 1 atom stereocenters. The SMILES string of the molecule is COc1ccc(CN2C(=O)C(=O)/C(=C(/O)c3cc(F)ccc3OC)C2c2ccccn2)cc1. The molecule has 1 aliphatic heterocycles. The number of likely N-dealkylation sites (tertiary alicyclic amines) is 1. The number of methoxy groups -OCH3 is 2.